The summed E-state index contributed by atoms with van der Waals surface area (Å²) >= 11 is 3.50. The van der Waals surface area contributed by atoms with Gasteiger partial charge < -0.3 is 5.73 Å². The second kappa shape index (κ2) is 7.44. The van der Waals surface area contributed by atoms with Gasteiger partial charge in [-0.15, -0.1) is 0 Å². The maximum atomic E-state index is 5.75. The Morgan fingerprint density at radius 1 is 0.923 bits per heavy atom. The molecule has 1 heterocycles. The van der Waals surface area contributed by atoms with Gasteiger partial charge in [-0.3, -0.25) is 5.01 Å². The predicted molar refractivity (Wildman–Crippen MR) is 111 cm³/mol. The molecule has 0 saturated heterocycles. The molecule has 3 nitrogen and oxygen atoms in total. The minimum atomic E-state index is 0.183. The van der Waals surface area contributed by atoms with Crippen molar-refractivity contribution in [1.82, 2.24) is 0 Å². The third-order valence-corrected chi connectivity index (χ3v) is 5.24. The van der Waals surface area contributed by atoms with Crippen LogP contribution in [0.2, 0.25) is 0 Å². The van der Waals surface area contributed by atoms with Crippen LogP contribution in [0.1, 0.15) is 29.2 Å². The van der Waals surface area contributed by atoms with Crippen molar-refractivity contribution in [2.24, 2.45) is 10.8 Å². The summed E-state index contributed by atoms with van der Waals surface area (Å²) in [5.74, 6) is 0. The van der Waals surface area contributed by atoms with Crippen LogP contribution in [0.3, 0.4) is 0 Å². The van der Waals surface area contributed by atoms with E-state index in [1.807, 2.05) is 6.07 Å². The quantitative estimate of drug-likeness (QED) is 0.642. The molecule has 0 bridgehead atoms. The fourth-order valence-electron chi connectivity index (χ4n) is 3.28. The van der Waals surface area contributed by atoms with Crippen LogP contribution in [0.4, 0.5) is 5.69 Å². The van der Waals surface area contributed by atoms with Gasteiger partial charge in [0.15, 0.2) is 0 Å². The highest BCUT2D eigenvalue weighted by molar-refractivity contribution is 9.10. The van der Waals surface area contributed by atoms with Crippen molar-refractivity contribution in [2.75, 3.05) is 5.01 Å². The Hall–Kier alpha value is -2.43. The second-order valence-corrected chi connectivity index (χ2v) is 7.32. The number of hydrazone groups is 1. The van der Waals surface area contributed by atoms with E-state index in [0.717, 1.165) is 33.4 Å². The van der Waals surface area contributed by atoms with E-state index in [2.05, 4.69) is 93.7 Å². The van der Waals surface area contributed by atoms with Crippen LogP contribution in [0, 0.1) is 0 Å². The normalized spacial score (nSPS) is 16.6. The van der Waals surface area contributed by atoms with Crippen molar-refractivity contribution in [1.29, 1.82) is 0 Å². The van der Waals surface area contributed by atoms with Gasteiger partial charge in [-0.2, -0.15) is 5.10 Å². The predicted octanol–water partition coefficient (Wildman–Crippen LogP) is 5.26. The zero-order chi connectivity index (χ0) is 17.9. The number of nitrogens with zero attached hydrogens (tertiary/aromatic N) is 2. The molecule has 130 valence electrons. The molecule has 1 unspecified atom stereocenters. The van der Waals surface area contributed by atoms with E-state index in [4.69, 9.17) is 10.8 Å². The maximum Gasteiger partial charge on any atom is 0.0831 e. The van der Waals surface area contributed by atoms with Crippen molar-refractivity contribution in [3.63, 3.8) is 0 Å². The number of nitrogens with two attached hydrogens (primary N) is 1. The van der Waals surface area contributed by atoms with Crippen molar-refractivity contribution in [3.8, 4) is 0 Å². The molecule has 1 aliphatic heterocycles. The number of hydrogen-bond acceptors (Lipinski definition) is 3. The first-order valence-electron chi connectivity index (χ1n) is 8.71. The lowest BCUT2D eigenvalue weighted by Crippen LogP contribution is -2.18. The Labute approximate surface area is 162 Å². The van der Waals surface area contributed by atoms with Gasteiger partial charge >= 0.3 is 0 Å². The number of benzene rings is 3. The van der Waals surface area contributed by atoms with E-state index < -0.39 is 0 Å². The summed E-state index contributed by atoms with van der Waals surface area (Å²) in [6, 6.07) is 27.4. The summed E-state index contributed by atoms with van der Waals surface area (Å²) < 4.78 is 1.08. The molecule has 1 aliphatic rings. The zero-order valence-corrected chi connectivity index (χ0v) is 15.9. The van der Waals surface area contributed by atoms with Gasteiger partial charge in [0.05, 0.1) is 17.4 Å². The molecular weight excluding hydrogens is 386 g/mol. The van der Waals surface area contributed by atoms with Crippen LogP contribution < -0.4 is 10.7 Å². The highest BCUT2D eigenvalue weighted by atomic mass is 79.9. The first-order chi connectivity index (χ1) is 12.7. The lowest BCUT2D eigenvalue weighted by atomic mass is 9.97. The van der Waals surface area contributed by atoms with E-state index in [9.17, 15) is 0 Å². The summed E-state index contributed by atoms with van der Waals surface area (Å²) in [4.78, 5) is 0. The third-order valence-electron chi connectivity index (χ3n) is 4.71. The van der Waals surface area contributed by atoms with Crippen molar-refractivity contribution >= 4 is 27.3 Å². The molecule has 0 amide bonds. The van der Waals surface area contributed by atoms with Crippen LogP contribution in [0.25, 0.3) is 0 Å². The first kappa shape index (κ1) is 17.0. The Bertz CT molecular complexity index is 902. The molecule has 26 heavy (non-hydrogen) atoms. The Balaban J connectivity index is 1.71. The van der Waals surface area contributed by atoms with Crippen LogP contribution in [-0.4, -0.2) is 5.71 Å². The summed E-state index contributed by atoms with van der Waals surface area (Å²) in [5.41, 5.74) is 11.5. The smallest absolute Gasteiger partial charge is 0.0831 e. The van der Waals surface area contributed by atoms with Gasteiger partial charge in [0.25, 0.3) is 0 Å². The molecule has 0 fully saturated rings. The van der Waals surface area contributed by atoms with E-state index in [-0.39, 0.29) is 6.04 Å². The number of para-hydroxylation sites is 1. The average molecular weight is 406 g/mol. The SMILES string of the molecule is NCc1ccc(C2CC(c3ccc(Br)cc3)=NN2c2ccccc2)cc1. The summed E-state index contributed by atoms with van der Waals surface area (Å²) in [6.45, 7) is 0.563. The number of rotatable bonds is 4. The third kappa shape index (κ3) is 3.43. The van der Waals surface area contributed by atoms with Crippen molar-refractivity contribution in [3.05, 3.63) is 100 Å². The van der Waals surface area contributed by atoms with Crippen LogP contribution in [0.15, 0.2) is 88.4 Å². The lowest BCUT2D eigenvalue weighted by molar-refractivity contribution is 0.708. The molecule has 4 rings (SSSR count). The molecule has 0 radical (unpaired) electrons. The van der Waals surface area contributed by atoms with E-state index in [1.54, 1.807) is 0 Å². The van der Waals surface area contributed by atoms with Crippen molar-refractivity contribution < 1.29 is 0 Å². The largest absolute Gasteiger partial charge is 0.326 e. The standard InChI is InChI=1S/C22H20BrN3/c23-19-12-10-17(11-13-19)21-14-22(18-8-6-16(15-24)7-9-18)26(25-21)20-4-2-1-3-5-20/h1-13,22H,14-15,24H2. The molecule has 2 N–H and O–H groups in total. The van der Waals surface area contributed by atoms with Gasteiger partial charge in [-0.05, 0) is 41.0 Å². The number of anilines is 1. The number of halogens is 1. The molecule has 0 spiro atoms. The fraction of sp³-hybridized carbons (Fsp3) is 0.136. The monoisotopic (exact) mass is 405 g/mol. The second-order valence-electron chi connectivity index (χ2n) is 6.40. The maximum absolute atomic E-state index is 5.75. The zero-order valence-electron chi connectivity index (χ0n) is 14.3. The minimum Gasteiger partial charge on any atom is -0.326 e. The van der Waals surface area contributed by atoms with Gasteiger partial charge in [-0.25, -0.2) is 0 Å². The average Bonchev–Trinajstić information content (AvgIpc) is 3.15. The van der Waals surface area contributed by atoms with E-state index in [1.165, 1.54) is 5.56 Å². The van der Waals surface area contributed by atoms with Crippen LogP contribution in [-0.2, 0) is 6.54 Å². The molecule has 0 aromatic heterocycles. The highest BCUT2D eigenvalue weighted by Gasteiger charge is 2.29. The molecule has 0 aliphatic carbocycles. The lowest BCUT2D eigenvalue weighted by Gasteiger charge is -2.24. The van der Waals surface area contributed by atoms with Gasteiger partial charge in [-0.1, -0.05) is 70.5 Å². The first-order valence-corrected chi connectivity index (χ1v) is 9.50. The van der Waals surface area contributed by atoms with Gasteiger partial charge in [0.2, 0.25) is 0 Å². The Morgan fingerprint density at radius 3 is 2.27 bits per heavy atom. The topological polar surface area (TPSA) is 41.6 Å². The fourth-order valence-corrected chi connectivity index (χ4v) is 3.55. The highest BCUT2D eigenvalue weighted by Crippen LogP contribution is 2.36. The molecule has 3 aromatic rings. The van der Waals surface area contributed by atoms with Crippen LogP contribution >= 0.6 is 15.9 Å². The Kier molecular flexibility index (Phi) is 4.87. The minimum absolute atomic E-state index is 0.183. The summed E-state index contributed by atoms with van der Waals surface area (Å²) in [5, 5.41) is 7.10. The number of hydrogen-bond donors (Lipinski definition) is 1. The molecular formula is C22H20BrN3. The van der Waals surface area contributed by atoms with E-state index in [0.29, 0.717) is 6.54 Å². The molecule has 0 saturated carbocycles. The van der Waals surface area contributed by atoms with Crippen molar-refractivity contribution in [2.45, 2.75) is 19.0 Å². The summed E-state index contributed by atoms with van der Waals surface area (Å²) in [6.07, 6.45) is 0.874. The van der Waals surface area contributed by atoms with Gasteiger partial charge in [0.1, 0.15) is 0 Å². The molecule has 1 atom stereocenters. The van der Waals surface area contributed by atoms with E-state index >= 15 is 0 Å². The van der Waals surface area contributed by atoms with Gasteiger partial charge in [0, 0.05) is 17.4 Å². The van der Waals surface area contributed by atoms with Crippen LogP contribution in [0.5, 0.6) is 0 Å². The summed E-state index contributed by atoms with van der Waals surface area (Å²) in [7, 11) is 0. The Morgan fingerprint density at radius 2 is 1.62 bits per heavy atom. The molecule has 4 heteroatoms. The molecule has 3 aromatic carbocycles.